The standard InChI is InChI=1S/C9H17ClO2/c1-3-5-6-7-8(10)9(4-2)12-11/h5-6,8-9,11H,3-4,7H2,1-2H3/b6-5+. The van der Waals surface area contributed by atoms with Crippen LogP contribution in [0.1, 0.15) is 33.1 Å². The zero-order valence-corrected chi connectivity index (χ0v) is 8.42. The Bertz CT molecular complexity index is 122. The summed E-state index contributed by atoms with van der Waals surface area (Å²) in [5, 5.41) is 8.31. The molecule has 0 rings (SSSR count). The maximum Gasteiger partial charge on any atom is 0.109 e. The number of hydrogen-bond acceptors (Lipinski definition) is 2. The summed E-state index contributed by atoms with van der Waals surface area (Å²) in [6, 6.07) is 0. The second-order valence-corrected chi connectivity index (χ2v) is 3.24. The van der Waals surface area contributed by atoms with Crippen molar-refractivity contribution in [1.82, 2.24) is 0 Å². The zero-order valence-electron chi connectivity index (χ0n) is 7.66. The Kier molecular flexibility index (Phi) is 7.56. The van der Waals surface area contributed by atoms with Crippen molar-refractivity contribution in [3.8, 4) is 0 Å². The molecule has 0 aliphatic carbocycles. The molecule has 1 N–H and O–H groups in total. The largest absolute Gasteiger partial charge is 0.251 e. The summed E-state index contributed by atoms with van der Waals surface area (Å²) in [5.41, 5.74) is 0. The summed E-state index contributed by atoms with van der Waals surface area (Å²) in [7, 11) is 0. The van der Waals surface area contributed by atoms with Crippen molar-refractivity contribution in [2.75, 3.05) is 0 Å². The summed E-state index contributed by atoms with van der Waals surface area (Å²) in [6.07, 6.45) is 6.30. The van der Waals surface area contributed by atoms with Crippen molar-refractivity contribution in [3.05, 3.63) is 12.2 Å². The van der Waals surface area contributed by atoms with E-state index in [1.165, 1.54) is 0 Å². The first kappa shape index (κ1) is 11.9. The van der Waals surface area contributed by atoms with E-state index >= 15 is 0 Å². The Morgan fingerprint density at radius 1 is 1.42 bits per heavy atom. The van der Waals surface area contributed by atoms with Crippen molar-refractivity contribution in [2.45, 2.75) is 44.6 Å². The van der Waals surface area contributed by atoms with Crippen LogP contribution >= 0.6 is 11.6 Å². The van der Waals surface area contributed by atoms with Crippen molar-refractivity contribution < 1.29 is 10.1 Å². The zero-order chi connectivity index (χ0) is 9.40. The van der Waals surface area contributed by atoms with Crippen LogP contribution < -0.4 is 0 Å². The van der Waals surface area contributed by atoms with Gasteiger partial charge in [-0.1, -0.05) is 26.0 Å². The molecule has 0 aliphatic rings. The van der Waals surface area contributed by atoms with E-state index in [0.717, 1.165) is 19.3 Å². The SMILES string of the molecule is CC/C=C/CC(Cl)C(CC)OO. The fraction of sp³-hybridized carbons (Fsp3) is 0.778. The lowest BCUT2D eigenvalue weighted by molar-refractivity contribution is -0.278. The maximum atomic E-state index is 8.44. The molecule has 0 bridgehead atoms. The van der Waals surface area contributed by atoms with Gasteiger partial charge in [0.1, 0.15) is 6.10 Å². The van der Waals surface area contributed by atoms with Gasteiger partial charge in [-0.2, -0.15) is 0 Å². The summed E-state index contributed by atoms with van der Waals surface area (Å²) >= 11 is 5.95. The van der Waals surface area contributed by atoms with Gasteiger partial charge in [0.15, 0.2) is 0 Å². The van der Waals surface area contributed by atoms with Crippen molar-refractivity contribution in [2.24, 2.45) is 0 Å². The van der Waals surface area contributed by atoms with Crippen LogP contribution in [0.3, 0.4) is 0 Å². The normalized spacial score (nSPS) is 16.7. The minimum absolute atomic E-state index is 0.136. The average molecular weight is 193 g/mol. The summed E-state index contributed by atoms with van der Waals surface area (Å²) in [5.74, 6) is 0. The molecule has 0 spiro atoms. The van der Waals surface area contributed by atoms with E-state index in [1.807, 2.05) is 13.0 Å². The molecule has 0 aliphatic heterocycles. The molecule has 0 aromatic heterocycles. The Hall–Kier alpha value is -0.0500. The van der Waals surface area contributed by atoms with Crippen molar-refractivity contribution in [1.29, 1.82) is 0 Å². The summed E-state index contributed by atoms with van der Waals surface area (Å²) in [4.78, 5) is 4.23. The lowest BCUT2D eigenvalue weighted by atomic mass is 10.1. The third-order valence-electron chi connectivity index (χ3n) is 1.70. The number of rotatable bonds is 6. The highest BCUT2D eigenvalue weighted by Gasteiger charge is 2.16. The first-order chi connectivity index (χ1) is 5.76. The molecule has 72 valence electrons. The number of hydrogen-bond donors (Lipinski definition) is 1. The number of alkyl halides is 1. The van der Waals surface area contributed by atoms with Crippen LogP contribution in [0.2, 0.25) is 0 Å². The van der Waals surface area contributed by atoms with Gasteiger partial charge in [-0.25, -0.2) is 4.89 Å². The highest BCUT2D eigenvalue weighted by Crippen LogP contribution is 2.14. The molecule has 2 atom stereocenters. The van der Waals surface area contributed by atoms with Gasteiger partial charge in [0.05, 0.1) is 5.38 Å². The van der Waals surface area contributed by atoms with Crippen molar-refractivity contribution in [3.63, 3.8) is 0 Å². The molecule has 0 amide bonds. The van der Waals surface area contributed by atoms with Crippen molar-refractivity contribution >= 4 is 11.6 Å². The van der Waals surface area contributed by atoms with Crippen LogP contribution in [0.15, 0.2) is 12.2 Å². The Labute approximate surface area is 79.1 Å². The van der Waals surface area contributed by atoms with E-state index in [1.54, 1.807) is 0 Å². The van der Waals surface area contributed by atoms with E-state index < -0.39 is 0 Å². The highest BCUT2D eigenvalue weighted by molar-refractivity contribution is 6.21. The van der Waals surface area contributed by atoms with E-state index in [4.69, 9.17) is 16.9 Å². The Balaban J connectivity index is 3.68. The van der Waals surface area contributed by atoms with E-state index in [2.05, 4.69) is 17.9 Å². The molecule has 0 aromatic carbocycles. The molecular formula is C9H17ClO2. The predicted octanol–water partition coefficient (Wildman–Crippen LogP) is 3.22. The summed E-state index contributed by atoms with van der Waals surface area (Å²) < 4.78 is 0. The monoisotopic (exact) mass is 192 g/mol. The van der Waals surface area contributed by atoms with Gasteiger partial charge in [0.2, 0.25) is 0 Å². The Morgan fingerprint density at radius 3 is 2.50 bits per heavy atom. The maximum absolute atomic E-state index is 8.44. The molecule has 12 heavy (non-hydrogen) atoms. The van der Waals surface area contributed by atoms with Crippen LogP contribution in [0, 0.1) is 0 Å². The first-order valence-electron chi connectivity index (χ1n) is 4.35. The van der Waals surface area contributed by atoms with Crippen LogP contribution in [0.25, 0.3) is 0 Å². The lowest BCUT2D eigenvalue weighted by Crippen LogP contribution is -2.21. The Morgan fingerprint density at radius 2 is 2.08 bits per heavy atom. The number of halogens is 1. The quantitative estimate of drug-likeness (QED) is 0.303. The molecule has 0 aromatic rings. The summed E-state index contributed by atoms with van der Waals surface area (Å²) in [6.45, 7) is 4.00. The van der Waals surface area contributed by atoms with Gasteiger partial charge in [-0.05, 0) is 19.3 Å². The lowest BCUT2D eigenvalue weighted by Gasteiger charge is -2.15. The van der Waals surface area contributed by atoms with E-state index in [-0.39, 0.29) is 11.5 Å². The second kappa shape index (κ2) is 7.59. The second-order valence-electron chi connectivity index (χ2n) is 2.68. The predicted molar refractivity (Wildman–Crippen MR) is 51.5 cm³/mol. The van der Waals surface area contributed by atoms with Crippen LogP contribution in [0.4, 0.5) is 0 Å². The number of allylic oxidation sites excluding steroid dienone is 2. The molecule has 0 saturated heterocycles. The van der Waals surface area contributed by atoms with Crippen LogP contribution in [-0.4, -0.2) is 16.7 Å². The molecular weight excluding hydrogens is 176 g/mol. The van der Waals surface area contributed by atoms with Gasteiger partial charge >= 0.3 is 0 Å². The van der Waals surface area contributed by atoms with Crippen LogP contribution in [-0.2, 0) is 4.89 Å². The fourth-order valence-electron chi connectivity index (χ4n) is 0.941. The molecule has 3 heteroatoms. The van der Waals surface area contributed by atoms with Gasteiger partial charge in [-0.3, -0.25) is 5.26 Å². The minimum atomic E-state index is -0.256. The highest BCUT2D eigenvalue weighted by atomic mass is 35.5. The van der Waals surface area contributed by atoms with E-state index in [9.17, 15) is 0 Å². The molecule has 2 unspecified atom stereocenters. The molecule has 0 heterocycles. The molecule has 2 nitrogen and oxygen atoms in total. The van der Waals surface area contributed by atoms with Gasteiger partial charge < -0.3 is 0 Å². The first-order valence-corrected chi connectivity index (χ1v) is 4.79. The smallest absolute Gasteiger partial charge is 0.109 e. The minimum Gasteiger partial charge on any atom is -0.251 e. The van der Waals surface area contributed by atoms with E-state index in [0.29, 0.717) is 0 Å². The molecule has 0 saturated carbocycles. The molecule has 0 radical (unpaired) electrons. The van der Waals surface area contributed by atoms with Gasteiger partial charge in [-0.15, -0.1) is 11.6 Å². The van der Waals surface area contributed by atoms with Gasteiger partial charge in [0.25, 0.3) is 0 Å². The molecule has 0 fully saturated rings. The third-order valence-corrected chi connectivity index (χ3v) is 2.16. The van der Waals surface area contributed by atoms with Crippen LogP contribution in [0.5, 0.6) is 0 Å². The topological polar surface area (TPSA) is 29.5 Å². The third kappa shape index (κ3) is 4.75. The average Bonchev–Trinajstić information content (AvgIpc) is 2.07. The van der Waals surface area contributed by atoms with Gasteiger partial charge in [0, 0.05) is 0 Å². The fourth-order valence-corrected chi connectivity index (χ4v) is 1.27.